The highest BCUT2D eigenvalue weighted by Crippen LogP contribution is 2.44. The molecule has 0 atom stereocenters. The van der Waals surface area contributed by atoms with Crippen molar-refractivity contribution in [3.8, 4) is 0 Å². The molecule has 0 saturated carbocycles. The number of piperidine rings is 1. The number of carbonyl (C=O) groups excluding carboxylic acids is 1. The van der Waals surface area contributed by atoms with Crippen LogP contribution < -0.4 is 4.90 Å². The Hall–Kier alpha value is -2.40. The lowest BCUT2D eigenvalue weighted by Gasteiger charge is -2.43. The first-order valence-electron chi connectivity index (χ1n) is 9.87. The van der Waals surface area contributed by atoms with Gasteiger partial charge < -0.3 is 4.90 Å². The Labute approximate surface area is 169 Å². The molecule has 1 saturated heterocycles. The predicted octanol–water partition coefficient (Wildman–Crippen LogP) is 4.77. The Kier molecular flexibility index (Phi) is 4.35. The largest absolute Gasteiger partial charge is 0.356 e. The van der Waals surface area contributed by atoms with Crippen molar-refractivity contribution in [3.05, 3.63) is 59.9 Å². The smallest absolute Gasteiger partial charge is 0.169 e. The lowest BCUT2D eigenvalue weighted by molar-refractivity contribution is 0.0701. The van der Waals surface area contributed by atoms with Gasteiger partial charge in [-0.25, -0.2) is 9.97 Å². The van der Waals surface area contributed by atoms with Gasteiger partial charge in [-0.15, -0.1) is 11.8 Å². The van der Waals surface area contributed by atoms with E-state index in [1.54, 1.807) is 18.1 Å². The molecular weight excluding hydrogens is 366 g/mol. The van der Waals surface area contributed by atoms with Crippen molar-refractivity contribution in [2.24, 2.45) is 5.41 Å². The Morgan fingerprint density at radius 1 is 1.04 bits per heavy atom. The Morgan fingerprint density at radius 3 is 2.68 bits per heavy atom. The summed E-state index contributed by atoms with van der Waals surface area (Å²) in [4.78, 5) is 25.9. The van der Waals surface area contributed by atoms with Crippen LogP contribution in [0, 0.1) is 5.41 Å². The number of thioether (sulfide) groups is 1. The number of hydrogen-bond donors (Lipinski definition) is 0. The minimum Gasteiger partial charge on any atom is -0.356 e. The van der Waals surface area contributed by atoms with E-state index in [9.17, 15) is 4.79 Å². The van der Waals surface area contributed by atoms with Gasteiger partial charge in [-0.1, -0.05) is 24.3 Å². The SMILES string of the molecule is CSc1ccc2ncnc(N3CCC4(CCc5ccccc5C4=O)CC3)c2c1. The second-order valence-electron chi connectivity index (χ2n) is 7.83. The molecule has 5 heteroatoms. The number of fused-ring (bicyclic) bond motifs is 2. The number of carbonyl (C=O) groups is 1. The average Bonchev–Trinajstić information content (AvgIpc) is 2.76. The molecule has 1 fully saturated rings. The summed E-state index contributed by atoms with van der Waals surface area (Å²) in [5.41, 5.74) is 2.94. The van der Waals surface area contributed by atoms with Crippen molar-refractivity contribution in [1.82, 2.24) is 9.97 Å². The number of benzene rings is 2. The fourth-order valence-corrected chi connectivity index (χ4v) is 5.20. The first-order chi connectivity index (χ1) is 13.7. The summed E-state index contributed by atoms with van der Waals surface area (Å²) in [6, 6.07) is 14.5. The van der Waals surface area contributed by atoms with Crippen LogP contribution in [0.1, 0.15) is 35.2 Å². The third-order valence-corrected chi connectivity index (χ3v) is 7.18. The van der Waals surface area contributed by atoms with E-state index in [1.807, 2.05) is 18.2 Å². The van der Waals surface area contributed by atoms with E-state index < -0.39 is 0 Å². The number of nitrogens with zero attached hydrogens (tertiary/aromatic N) is 3. The van der Waals surface area contributed by atoms with Gasteiger partial charge in [-0.2, -0.15) is 0 Å². The van der Waals surface area contributed by atoms with E-state index in [0.29, 0.717) is 5.78 Å². The van der Waals surface area contributed by atoms with E-state index in [4.69, 9.17) is 0 Å². The van der Waals surface area contributed by atoms with Crippen LogP contribution >= 0.6 is 11.8 Å². The van der Waals surface area contributed by atoms with Crippen LogP contribution in [0.25, 0.3) is 10.9 Å². The van der Waals surface area contributed by atoms with E-state index in [-0.39, 0.29) is 5.41 Å². The Bertz CT molecular complexity index is 1060. The molecule has 0 radical (unpaired) electrons. The molecule has 1 aliphatic carbocycles. The first kappa shape index (κ1) is 17.7. The Morgan fingerprint density at radius 2 is 1.86 bits per heavy atom. The summed E-state index contributed by atoms with van der Waals surface area (Å²) < 4.78 is 0. The number of hydrogen-bond acceptors (Lipinski definition) is 5. The molecule has 0 N–H and O–H groups in total. The zero-order chi connectivity index (χ0) is 19.1. The highest BCUT2D eigenvalue weighted by Gasteiger charge is 2.44. The highest BCUT2D eigenvalue weighted by atomic mass is 32.2. The third-order valence-electron chi connectivity index (χ3n) is 6.46. The van der Waals surface area contributed by atoms with Crippen LogP contribution in [0.3, 0.4) is 0 Å². The van der Waals surface area contributed by atoms with Crippen LogP contribution in [-0.4, -0.2) is 35.1 Å². The molecule has 2 aliphatic rings. The molecule has 2 aromatic carbocycles. The van der Waals surface area contributed by atoms with Crippen LogP contribution in [0.2, 0.25) is 0 Å². The van der Waals surface area contributed by atoms with Crippen LogP contribution in [0.5, 0.6) is 0 Å². The van der Waals surface area contributed by atoms with Crippen molar-refractivity contribution >= 4 is 34.3 Å². The first-order valence-corrected chi connectivity index (χ1v) is 11.1. The van der Waals surface area contributed by atoms with Gasteiger partial charge in [-0.3, -0.25) is 4.79 Å². The Balaban J connectivity index is 1.43. The predicted molar refractivity (Wildman–Crippen MR) is 114 cm³/mol. The summed E-state index contributed by atoms with van der Waals surface area (Å²) in [5, 5.41) is 1.10. The summed E-state index contributed by atoms with van der Waals surface area (Å²) in [6.45, 7) is 1.73. The molecule has 0 bridgehead atoms. The van der Waals surface area contributed by atoms with E-state index in [0.717, 1.165) is 61.1 Å². The lowest BCUT2D eigenvalue weighted by atomic mass is 9.65. The second kappa shape index (κ2) is 6.89. The van der Waals surface area contributed by atoms with E-state index in [2.05, 4.69) is 45.4 Å². The van der Waals surface area contributed by atoms with Gasteiger partial charge in [0.25, 0.3) is 0 Å². The standard InChI is InChI=1S/C23H23N3OS/c1-28-17-6-7-20-19(14-17)22(25-15-24-20)26-12-10-23(11-13-26)9-8-16-4-2-3-5-18(16)21(23)27/h2-7,14-15H,8-13H2,1H3. The van der Waals surface area contributed by atoms with Gasteiger partial charge in [-0.05, 0) is 55.7 Å². The highest BCUT2D eigenvalue weighted by molar-refractivity contribution is 7.98. The maximum Gasteiger partial charge on any atom is 0.169 e. The number of ketones is 1. The number of aromatic nitrogens is 2. The van der Waals surface area contributed by atoms with Gasteiger partial charge in [0.05, 0.1) is 5.52 Å². The zero-order valence-corrected chi connectivity index (χ0v) is 16.8. The van der Waals surface area contributed by atoms with Crippen molar-refractivity contribution in [3.63, 3.8) is 0 Å². The minimum atomic E-state index is -0.196. The molecule has 28 heavy (non-hydrogen) atoms. The topological polar surface area (TPSA) is 46.1 Å². The van der Waals surface area contributed by atoms with Crippen molar-refractivity contribution in [2.45, 2.75) is 30.6 Å². The zero-order valence-electron chi connectivity index (χ0n) is 16.0. The van der Waals surface area contributed by atoms with Gasteiger partial charge in [0.1, 0.15) is 12.1 Å². The van der Waals surface area contributed by atoms with Gasteiger partial charge in [0.15, 0.2) is 5.78 Å². The summed E-state index contributed by atoms with van der Waals surface area (Å²) in [5.74, 6) is 1.35. The second-order valence-corrected chi connectivity index (χ2v) is 8.71. The van der Waals surface area contributed by atoms with Crippen molar-refractivity contribution in [1.29, 1.82) is 0 Å². The van der Waals surface area contributed by atoms with Crippen molar-refractivity contribution < 1.29 is 4.79 Å². The summed E-state index contributed by atoms with van der Waals surface area (Å²) >= 11 is 1.73. The summed E-state index contributed by atoms with van der Waals surface area (Å²) in [6.07, 6.45) is 7.51. The molecule has 1 spiro atoms. The molecule has 4 nitrogen and oxygen atoms in total. The van der Waals surface area contributed by atoms with Crippen molar-refractivity contribution in [2.75, 3.05) is 24.2 Å². The van der Waals surface area contributed by atoms with Gasteiger partial charge >= 0.3 is 0 Å². The fraction of sp³-hybridized carbons (Fsp3) is 0.348. The normalized spacial score (nSPS) is 18.5. The molecule has 2 heterocycles. The number of aryl methyl sites for hydroxylation is 1. The molecule has 1 aliphatic heterocycles. The van der Waals surface area contributed by atoms with Crippen LogP contribution in [-0.2, 0) is 6.42 Å². The molecule has 3 aromatic rings. The molecule has 0 amide bonds. The van der Waals surface area contributed by atoms with E-state index >= 15 is 0 Å². The quantitative estimate of drug-likeness (QED) is 0.591. The minimum absolute atomic E-state index is 0.196. The van der Waals surface area contributed by atoms with Gasteiger partial charge in [0.2, 0.25) is 0 Å². The number of Topliss-reactive ketones (excluding diaryl/α,β-unsaturated/α-hetero) is 1. The molecule has 142 valence electrons. The van der Waals surface area contributed by atoms with Crippen LogP contribution in [0.4, 0.5) is 5.82 Å². The molecular formula is C23H23N3OS. The molecule has 0 unspecified atom stereocenters. The van der Waals surface area contributed by atoms with Crippen LogP contribution in [0.15, 0.2) is 53.7 Å². The fourth-order valence-electron chi connectivity index (χ4n) is 4.76. The average molecular weight is 390 g/mol. The number of anilines is 1. The molecule has 1 aromatic heterocycles. The lowest BCUT2D eigenvalue weighted by Crippen LogP contribution is -2.46. The maximum atomic E-state index is 13.3. The number of rotatable bonds is 2. The van der Waals surface area contributed by atoms with E-state index in [1.165, 1.54) is 10.5 Å². The monoisotopic (exact) mass is 389 g/mol. The molecule has 5 rings (SSSR count). The maximum absolute atomic E-state index is 13.3. The third kappa shape index (κ3) is 2.80. The summed E-state index contributed by atoms with van der Waals surface area (Å²) in [7, 11) is 0. The van der Waals surface area contributed by atoms with Gasteiger partial charge in [0, 0.05) is 34.3 Å².